The van der Waals surface area contributed by atoms with Crippen LogP contribution in [-0.2, 0) is 4.74 Å². The van der Waals surface area contributed by atoms with E-state index in [-0.39, 0.29) is 17.0 Å². The molecule has 20 heavy (non-hydrogen) atoms. The van der Waals surface area contributed by atoms with E-state index < -0.39 is 5.97 Å². The summed E-state index contributed by atoms with van der Waals surface area (Å²) < 4.78 is 6.79. The van der Waals surface area contributed by atoms with Gasteiger partial charge in [-0.05, 0) is 36.6 Å². The van der Waals surface area contributed by atoms with Gasteiger partial charge in [0.2, 0.25) is 0 Å². The normalized spacial score (nSPS) is 10.5. The van der Waals surface area contributed by atoms with E-state index in [1.54, 1.807) is 13.1 Å². The van der Waals surface area contributed by atoms with Crippen LogP contribution in [0, 0.1) is 0 Å². The van der Waals surface area contributed by atoms with Crippen molar-refractivity contribution in [2.24, 2.45) is 0 Å². The van der Waals surface area contributed by atoms with Crippen LogP contribution < -0.4 is 0 Å². The number of pyridine rings is 1. The van der Waals surface area contributed by atoms with Crippen molar-refractivity contribution in [3.8, 4) is 0 Å². The molecule has 0 unspecified atom stereocenters. The molecule has 0 aliphatic heterocycles. The summed E-state index contributed by atoms with van der Waals surface area (Å²) in [5.41, 5.74) is 1.90. The Morgan fingerprint density at radius 2 is 2.10 bits per heavy atom. The number of carbonyl (C=O) groups excluding carboxylic acids is 1. The number of imidazole rings is 1. The first kappa shape index (κ1) is 14.8. The van der Waals surface area contributed by atoms with Gasteiger partial charge in [0, 0.05) is 11.2 Å². The highest BCUT2D eigenvalue weighted by atomic mass is 79.9. The SMILES string of the molecule is Br.CCOC(=O)c1cn2c(ccc3ccc(Cl)cc32)n1. The van der Waals surface area contributed by atoms with E-state index in [1.807, 2.05) is 34.7 Å². The summed E-state index contributed by atoms with van der Waals surface area (Å²) in [6.07, 6.45) is 1.67. The van der Waals surface area contributed by atoms with E-state index in [2.05, 4.69) is 4.98 Å². The zero-order valence-corrected chi connectivity index (χ0v) is 13.1. The molecule has 0 aliphatic carbocycles. The highest BCUT2D eigenvalue weighted by Gasteiger charge is 2.12. The molecule has 0 aliphatic rings. The van der Waals surface area contributed by atoms with Gasteiger partial charge in [-0.3, -0.25) is 4.40 Å². The molecule has 0 spiro atoms. The molecule has 2 heterocycles. The lowest BCUT2D eigenvalue weighted by molar-refractivity contribution is 0.0520. The summed E-state index contributed by atoms with van der Waals surface area (Å²) in [5.74, 6) is -0.415. The summed E-state index contributed by atoms with van der Waals surface area (Å²) in [6, 6.07) is 9.42. The van der Waals surface area contributed by atoms with Crippen molar-refractivity contribution < 1.29 is 9.53 Å². The number of carbonyl (C=O) groups is 1. The first-order chi connectivity index (χ1) is 9.19. The lowest BCUT2D eigenvalue weighted by Crippen LogP contribution is -2.04. The second kappa shape index (κ2) is 5.81. The van der Waals surface area contributed by atoms with Gasteiger partial charge in [0.05, 0.1) is 12.1 Å². The maximum atomic E-state index is 11.7. The molecule has 104 valence electrons. The molecule has 3 aromatic rings. The molecule has 0 atom stereocenters. The van der Waals surface area contributed by atoms with Gasteiger partial charge in [-0.2, -0.15) is 0 Å². The Morgan fingerprint density at radius 1 is 1.35 bits per heavy atom. The van der Waals surface area contributed by atoms with Crippen LogP contribution in [0.5, 0.6) is 0 Å². The topological polar surface area (TPSA) is 43.6 Å². The van der Waals surface area contributed by atoms with Crippen LogP contribution in [-0.4, -0.2) is 22.0 Å². The summed E-state index contributed by atoms with van der Waals surface area (Å²) in [5, 5.41) is 1.68. The molecule has 4 nitrogen and oxygen atoms in total. The number of fused-ring (bicyclic) bond motifs is 3. The van der Waals surface area contributed by atoms with Crippen molar-refractivity contribution in [3.05, 3.63) is 47.2 Å². The van der Waals surface area contributed by atoms with E-state index >= 15 is 0 Å². The van der Waals surface area contributed by atoms with Crippen molar-refractivity contribution in [1.29, 1.82) is 0 Å². The second-order valence-corrected chi connectivity index (χ2v) is 4.55. The van der Waals surface area contributed by atoms with Crippen LogP contribution in [0.2, 0.25) is 5.02 Å². The standard InChI is InChI=1S/C14H11ClN2O2.BrH/c1-2-19-14(18)11-8-17-12-7-10(15)5-3-9(12)4-6-13(17)16-11;/h3-8H,2H2,1H3;1H. The summed E-state index contributed by atoms with van der Waals surface area (Å²) in [7, 11) is 0. The number of hydrogen-bond acceptors (Lipinski definition) is 3. The van der Waals surface area contributed by atoms with Crippen LogP contribution in [0.3, 0.4) is 0 Å². The number of esters is 1. The third kappa shape index (κ3) is 2.51. The minimum Gasteiger partial charge on any atom is -0.461 e. The van der Waals surface area contributed by atoms with Crippen LogP contribution in [0.25, 0.3) is 16.6 Å². The summed E-state index contributed by atoms with van der Waals surface area (Å²) >= 11 is 6.01. The van der Waals surface area contributed by atoms with Crippen molar-refractivity contribution in [2.45, 2.75) is 6.92 Å². The minimum atomic E-state index is -0.415. The smallest absolute Gasteiger partial charge is 0.358 e. The van der Waals surface area contributed by atoms with Gasteiger partial charge in [0.15, 0.2) is 5.69 Å². The molecule has 0 saturated carbocycles. The van der Waals surface area contributed by atoms with E-state index in [4.69, 9.17) is 16.3 Å². The molecule has 1 aromatic carbocycles. The van der Waals surface area contributed by atoms with E-state index in [0.717, 1.165) is 10.9 Å². The third-order valence-electron chi connectivity index (χ3n) is 2.88. The fourth-order valence-electron chi connectivity index (χ4n) is 2.04. The number of benzene rings is 1. The lowest BCUT2D eigenvalue weighted by atomic mass is 10.2. The Kier molecular flexibility index (Phi) is 4.30. The minimum absolute atomic E-state index is 0. The second-order valence-electron chi connectivity index (χ2n) is 4.11. The number of rotatable bonds is 2. The van der Waals surface area contributed by atoms with Crippen LogP contribution >= 0.6 is 28.6 Å². The molecular weight excluding hydrogens is 344 g/mol. The Balaban J connectivity index is 0.00000147. The Morgan fingerprint density at radius 3 is 2.85 bits per heavy atom. The molecule has 2 aromatic heterocycles. The lowest BCUT2D eigenvalue weighted by Gasteiger charge is -2.01. The van der Waals surface area contributed by atoms with Gasteiger partial charge in [-0.1, -0.05) is 17.7 Å². The number of ether oxygens (including phenoxy) is 1. The maximum Gasteiger partial charge on any atom is 0.358 e. The molecule has 0 fully saturated rings. The quantitative estimate of drug-likeness (QED) is 0.655. The zero-order valence-electron chi connectivity index (χ0n) is 10.7. The van der Waals surface area contributed by atoms with Gasteiger partial charge in [0.1, 0.15) is 5.65 Å². The first-order valence-electron chi connectivity index (χ1n) is 5.93. The molecule has 0 bridgehead atoms. The number of hydrogen-bond donors (Lipinski definition) is 0. The van der Waals surface area contributed by atoms with Crippen LogP contribution in [0.1, 0.15) is 17.4 Å². The highest BCUT2D eigenvalue weighted by Crippen LogP contribution is 2.21. The first-order valence-corrected chi connectivity index (χ1v) is 6.31. The predicted octanol–water partition coefficient (Wildman–Crippen LogP) is 3.90. The average Bonchev–Trinajstić information content (AvgIpc) is 2.83. The molecule has 0 saturated heterocycles. The molecular formula is C14H12BrClN2O2. The molecule has 3 rings (SSSR count). The Bertz CT molecular complexity index is 785. The monoisotopic (exact) mass is 354 g/mol. The molecule has 0 radical (unpaired) electrons. The molecule has 0 amide bonds. The number of aromatic nitrogens is 2. The van der Waals surface area contributed by atoms with Gasteiger partial charge < -0.3 is 4.74 Å². The van der Waals surface area contributed by atoms with Gasteiger partial charge in [-0.15, -0.1) is 17.0 Å². The van der Waals surface area contributed by atoms with Gasteiger partial charge in [-0.25, -0.2) is 9.78 Å². The fourth-order valence-corrected chi connectivity index (χ4v) is 2.21. The summed E-state index contributed by atoms with van der Waals surface area (Å²) in [4.78, 5) is 15.9. The Hall–Kier alpha value is -1.59. The average molecular weight is 356 g/mol. The number of nitrogens with zero attached hydrogens (tertiary/aromatic N) is 2. The van der Waals surface area contributed by atoms with Crippen LogP contribution in [0.4, 0.5) is 0 Å². The third-order valence-corrected chi connectivity index (χ3v) is 3.12. The fraction of sp³-hybridized carbons (Fsp3) is 0.143. The van der Waals surface area contributed by atoms with Crippen LogP contribution in [0.15, 0.2) is 36.5 Å². The van der Waals surface area contributed by atoms with E-state index in [1.165, 1.54) is 0 Å². The largest absolute Gasteiger partial charge is 0.461 e. The summed E-state index contributed by atoms with van der Waals surface area (Å²) in [6.45, 7) is 2.10. The van der Waals surface area contributed by atoms with Gasteiger partial charge in [0.25, 0.3) is 0 Å². The van der Waals surface area contributed by atoms with Gasteiger partial charge >= 0.3 is 5.97 Å². The predicted molar refractivity (Wildman–Crippen MR) is 84.0 cm³/mol. The molecule has 0 N–H and O–H groups in total. The van der Waals surface area contributed by atoms with Crippen molar-refractivity contribution in [2.75, 3.05) is 6.61 Å². The molecule has 6 heteroatoms. The zero-order chi connectivity index (χ0) is 13.4. The Labute approximate surface area is 131 Å². The van der Waals surface area contributed by atoms with Crippen molar-refractivity contribution >= 4 is 51.1 Å². The van der Waals surface area contributed by atoms with E-state index in [9.17, 15) is 4.79 Å². The highest BCUT2D eigenvalue weighted by molar-refractivity contribution is 8.93. The number of halogens is 2. The van der Waals surface area contributed by atoms with E-state index in [0.29, 0.717) is 23.0 Å². The van der Waals surface area contributed by atoms with Crippen molar-refractivity contribution in [3.63, 3.8) is 0 Å². The maximum absolute atomic E-state index is 11.7. The van der Waals surface area contributed by atoms with Crippen molar-refractivity contribution in [1.82, 2.24) is 9.38 Å².